The first-order valence-electron chi connectivity index (χ1n) is 7.79. The molecule has 0 N–H and O–H groups in total. The highest BCUT2D eigenvalue weighted by molar-refractivity contribution is 6.32. The molecule has 0 saturated carbocycles. The Bertz CT molecular complexity index is 871. The van der Waals surface area contributed by atoms with Gasteiger partial charge in [-0.3, -0.25) is 0 Å². The van der Waals surface area contributed by atoms with Crippen LogP contribution >= 0.6 is 11.6 Å². The fourth-order valence-electron chi connectivity index (χ4n) is 2.76. The molecule has 1 aromatic heterocycles. The number of benzene rings is 2. The predicted octanol–water partition coefficient (Wildman–Crippen LogP) is 4.76. The van der Waals surface area contributed by atoms with Crippen molar-refractivity contribution < 1.29 is 4.74 Å². The van der Waals surface area contributed by atoms with E-state index < -0.39 is 5.60 Å². The third kappa shape index (κ3) is 3.02. The fourth-order valence-corrected chi connectivity index (χ4v) is 2.93. The Morgan fingerprint density at radius 3 is 2.38 bits per heavy atom. The Balaban J connectivity index is 1.98. The normalized spacial score (nSPS) is 11.5. The average molecular weight is 342 g/mol. The van der Waals surface area contributed by atoms with Crippen molar-refractivity contribution in [3.63, 3.8) is 0 Å². The minimum absolute atomic E-state index is 0.576. The van der Waals surface area contributed by atoms with Gasteiger partial charge in [0.1, 0.15) is 5.75 Å². The van der Waals surface area contributed by atoms with E-state index in [4.69, 9.17) is 16.3 Å². The molecule has 5 heteroatoms. The molecule has 0 amide bonds. The molecule has 0 fully saturated rings. The van der Waals surface area contributed by atoms with E-state index in [1.165, 1.54) is 0 Å². The summed E-state index contributed by atoms with van der Waals surface area (Å²) in [5.74, 6) is 2.18. The second-order valence-corrected chi connectivity index (χ2v) is 6.67. The second-order valence-electron chi connectivity index (χ2n) is 6.26. The maximum absolute atomic E-state index is 6.21. The molecule has 0 bridgehead atoms. The van der Waals surface area contributed by atoms with Crippen molar-refractivity contribution >= 4 is 11.6 Å². The summed E-state index contributed by atoms with van der Waals surface area (Å²) in [5.41, 5.74) is 1.55. The third-order valence-corrected chi connectivity index (χ3v) is 4.31. The highest BCUT2D eigenvalue weighted by atomic mass is 35.5. The summed E-state index contributed by atoms with van der Waals surface area (Å²) in [5, 5.41) is 9.33. The fraction of sp³-hybridized carbons (Fsp3) is 0.263. The summed E-state index contributed by atoms with van der Waals surface area (Å²) in [6, 6.07) is 15.6. The van der Waals surface area contributed by atoms with E-state index in [9.17, 15) is 0 Å². The van der Waals surface area contributed by atoms with Crippen molar-refractivity contribution in [1.82, 2.24) is 14.8 Å². The lowest BCUT2D eigenvalue weighted by Crippen LogP contribution is -2.29. The van der Waals surface area contributed by atoms with Crippen molar-refractivity contribution in [3.05, 3.63) is 64.9 Å². The van der Waals surface area contributed by atoms with Gasteiger partial charge in [-0.05, 0) is 38.5 Å². The van der Waals surface area contributed by atoms with Crippen molar-refractivity contribution in [2.45, 2.75) is 26.4 Å². The summed E-state index contributed by atoms with van der Waals surface area (Å²) >= 11 is 6.21. The van der Waals surface area contributed by atoms with Crippen molar-refractivity contribution in [3.8, 4) is 17.1 Å². The minimum Gasteiger partial charge on any atom is -0.478 e. The Morgan fingerprint density at radius 2 is 1.67 bits per heavy atom. The smallest absolute Gasteiger partial charge is 0.176 e. The van der Waals surface area contributed by atoms with Crippen molar-refractivity contribution in [2.75, 3.05) is 0 Å². The molecule has 124 valence electrons. The van der Waals surface area contributed by atoms with E-state index in [-0.39, 0.29) is 0 Å². The van der Waals surface area contributed by atoms with Crippen LogP contribution in [0.15, 0.2) is 48.5 Å². The molecule has 3 rings (SSSR count). The highest BCUT2D eigenvalue weighted by Crippen LogP contribution is 2.33. The lowest BCUT2D eigenvalue weighted by atomic mass is 10.1. The number of para-hydroxylation sites is 1. The molecule has 0 unspecified atom stereocenters. The number of hydrogen-bond acceptors (Lipinski definition) is 3. The number of ether oxygens (including phenoxy) is 1. The van der Waals surface area contributed by atoms with Gasteiger partial charge in [0, 0.05) is 12.6 Å². The quantitative estimate of drug-likeness (QED) is 0.687. The van der Waals surface area contributed by atoms with Gasteiger partial charge in [-0.25, -0.2) is 0 Å². The number of halogens is 1. The summed E-state index contributed by atoms with van der Waals surface area (Å²) in [4.78, 5) is 0. The Hall–Kier alpha value is -2.33. The molecule has 24 heavy (non-hydrogen) atoms. The van der Waals surface area contributed by atoms with Crippen LogP contribution in [0, 0.1) is 6.92 Å². The lowest BCUT2D eigenvalue weighted by Gasteiger charge is -2.26. The van der Waals surface area contributed by atoms with E-state index in [2.05, 4.69) is 23.2 Å². The summed E-state index contributed by atoms with van der Waals surface area (Å²) in [7, 11) is 1.95. The number of aromatic nitrogens is 3. The second kappa shape index (κ2) is 6.29. The van der Waals surface area contributed by atoms with E-state index in [0.717, 1.165) is 22.8 Å². The molecule has 3 aromatic rings. The van der Waals surface area contributed by atoms with Crippen molar-refractivity contribution in [1.29, 1.82) is 0 Å². The third-order valence-electron chi connectivity index (χ3n) is 4.00. The molecule has 0 spiro atoms. The summed E-state index contributed by atoms with van der Waals surface area (Å²) < 4.78 is 8.10. The van der Waals surface area contributed by atoms with Crippen molar-refractivity contribution in [2.24, 2.45) is 7.05 Å². The molecular formula is C19H20ClN3O. The molecule has 0 aliphatic heterocycles. The van der Waals surface area contributed by atoms with Crippen LogP contribution < -0.4 is 4.74 Å². The zero-order valence-electron chi connectivity index (χ0n) is 14.2. The van der Waals surface area contributed by atoms with Crippen LogP contribution in [0.25, 0.3) is 11.4 Å². The number of aryl methyl sites for hydroxylation is 1. The standard InChI is InChI=1S/C19H20ClN3O/c1-13-9-5-6-10-14(13)17-21-22-18(23(17)4)19(2,3)24-16-12-8-7-11-15(16)20/h5-12H,1-4H3. The summed E-state index contributed by atoms with van der Waals surface area (Å²) in [6.45, 7) is 5.99. The molecule has 0 aliphatic carbocycles. The monoisotopic (exact) mass is 341 g/mol. The van der Waals surface area contributed by atoms with Gasteiger partial charge in [-0.15, -0.1) is 10.2 Å². The van der Waals surface area contributed by atoms with Crippen LogP contribution in [0.3, 0.4) is 0 Å². The van der Waals surface area contributed by atoms with E-state index in [0.29, 0.717) is 10.8 Å². The molecule has 0 aliphatic rings. The lowest BCUT2D eigenvalue weighted by molar-refractivity contribution is 0.0951. The Labute approximate surface area is 147 Å². The topological polar surface area (TPSA) is 39.9 Å². The minimum atomic E-state index is -0.673. The van der Waals surface area contributed by atoms with Gasteiger partial charge in [0.05, 0.1) is 5.02 Å². The molecule has 1 heterocycles. The predicted molar refractivity (Wildman–Crippen MR) is 96.3 cm³/mol. The molecule has 2 aromatic carbocycles. The van der Waals surface area contributed by atoms with Crippen LogP contribution in [0.1, 0.15) is 25.2 Å². The van der Waals surface area contributed by atoms with Gasteiger partial charge in [0.2, 0.25) is 0 Å². The molecule has 0 saturated heterocycles. The molecule has 0 atom stereocenters. The van der Waals surface area contributed by atoms with Gasteiger partial charge >= 0.3 is 0 Å². The maximum atomic E-state index is 6.21. The van der Waals surface area contributed by atoms with Gasteiger partial charge in [0.25, 0.3) is 0 Å². The zero-order chi connectivity index (χ0) is 17.3. The van der Waals surface area contributed by atoms with Gasteiger partial charge in [-0.2, -0.15) is 0 Å². The van der Waals surface area contributed by atoms with Crippen LogP contribution in [0.4, 0.5) is 0 Å². The largest absolute Gasteiger partial charge is 0.478 e. The molecule has 0 radical (unpaired) electrons. The first-order chi connectivity index (χ1) is 11.4. The Kier molecular flexibility index (Phi) is 4.33. The molecular weight excluding hydrogens is 322 g/mol. The number of nitrogens with zero attached hydrogens (tertiary/aromatic N) is 3. The van der Waals surface area contributed by atoms with Gasteiger partial charge in [0.15, 0.2) is 17.2 Å². The Morgan fingerprint density at radius 1 is 1.00 bits per heavy atom. The number of rotatable bonds is 4. The molecule has 4 nitrogen and oxygen atoms in total. The first kappa shape index (κ1) is 16.5. The average Bonchev–Trinajstić information content (AvgIpc) is 2.92. The van der Waals surface area contributed by atoms with E-state index in [1.807, 2.05) is 67.9 Å². The first-order valence-corrected chi connectivity index (χ1v) is 8.17. The zero-order valence-corrected chi connectivity index (χ0v) is 15.0. The van der Waals surface area contributed by atoms with Crippen LogP contribution in [0.2, 0.25) is 5.02 Å². The van der Waals surface area contributed by atoms with Crippen LogP contribution in [-0.2, 0) is 12.6 Å². The summed E-state index contributed by atoms with van der Waals surface area (Å²) in [6.07, 6.45) is 0. The maximum Gasteiger partial charge on any atom is 0.176 e. The van der Waals surface area contributed by atoms with E-state index in [1.54, 1.807) is 0 Å². The van der Waals surface area contributed by atoms with E-state index >= 15 is 0 Å². The van der Waals surface area contributed by atoms with Gasteiger partial charge < -0.3 is 9.30 Å². The number of hydrogen-bond donors (Lipinski definition) is 0. The van der Waals surface area contributed by atoms with Gasteiger partial charge in [-0.1, -0.05) is 48.0 Å². The van der Waals surface area contributed by atoms with Crippen LogP contribution in [0.5, 0.6) is 5.75 Å². The van der Waals surface area contributed by atoms with Crippen LogP contribution in [-0.4, -0.2) is 14.8 Å². The SMILES string of the molecule is Cc1ccccc1-c1nnc(C(C)(C)Oc2ccccc2Cl)n1C. The highest BCUT2D eigenvalue weighted by Gasteiger charge is 2.30.